The van der Waals surface area contributed by atoms with Crippen LogP contribution in [0, 0.1) is 5.92 Å². The molecule has 0 unspecified atom stereocenters. The first-order valence-corrected chi connectivity index (χ1v) is 13.5. The molecule has 0 amide bonds. The van der Waals surface area contributed by atoms with Gasteiger partial charge in [0.25, 0.3) is 0 Å². The van der Waals surface area contributed by atoms with E-state index in [1.54, 1.807) is 0 Å². The number of allylic oxidation sites excluding steroid dienone is 2. The minimum atomic E-state index is 0.0105. The summed E-state index contributed by atoms with van der Waals surface area (Å²) in [6, 6.07) is 0. The molecule has 178 valence electrons. The molecule has 0 aliphatic carbocycles. The molecule has 0 spiro atoms. The molecular weight excluding hydrogens is 368 g/mol. The van der Waals surface area contributed by atoms with Gasteiger partial charge in [-0.25, -0.2) is 0 Å². The second kappa shape index (κ2) is 24.5. The number of carbonyl (C=O) groups excluding carboxylic acids is 1. The Hall–Kier alpha value is -0.790. The Morgan fingerprint density at radius 3 is 1.77 bits per heavy atom. The molecule has 0 radical (unpaired) electrons. The fourth-order valence-electron chi connectivity index (χ4n) is 3.78. The van der Waals surface area contributed by atoms with Gasteiger partial charge in [0, 0.05) is 6.42 Å². The van der Waals surface area contributed by atoms with Gasteiger partial charge in [-0.2, -0.15) is 0 Å². The van der Waals surface area contributed by atoms with Crippen LogP contribution in [0.5, 0.6) is 0 Å². The summed E-state index contributed by atoms with van der Waals surface area (Å²) < 4.78 is 5.36. The number of esters is 1. The Bertz CT molecular complexity index is 373. The Morgan fingerprint density at radius 1 is 0.667 bits per heavy atom. The number of hydrogen-bond acceptors (Lipinski definition) is 2. The molecule has 30 heavy (non-hydrogen) atoms. The summed E-state index contributed by atoms with van der Waals surface area (Å²) >= 11 is 0. The van der Waals surface area contributed by atoms with Gasteiger partial charge in [-0.05, 0) is 44.4 Å². The number of carbonyl (C=O) groups is 1. The van der Waals surface area contributed by atoms with Gasteiger partial charge in [-0.1, -0.05) is 116 Å². The van der Waals surface area contributed by atoms with E-state index in [-0.39, 0.29) is 5.97 Å². The third-order valence-electron chi connectivity index (χ3n) is 5.83. The summed E-state index contributed by atoms with van der Waals surface area (Å²) in [5.74, 6) is 0.833. The van der Waals surface area contributed by atoms with Gasteiger partial charge in [0.05, 0.1) is 6.61 Å². The fourth-order valence-corrected chi connectivity index (χ4v) is 3.78. The molecule has 0 heterocycles. The first kappa shape index (κ1) is 29.2. The zero-order valence-electron chi connectivity index (χ0n) is 20.9. The largest absolute Gasteiger partial charge is 0.466 e. The maximum absolute atomic E-state index is 11.8. The van der Waals surface area contributed by atoms with Crippen molar-refractivity contribution in [2.24, 2.45) is 5.92 Å². The van der Waals surface area contributed by atoms with Crippen molar-refractivity contribution >= 4 is 5.97 Å². The second-order valence-corrected chi connectivity index (χ2v) is 9.51. The molecule has 0 aliphatic rings. The van der Waals surface area contributed by atoms with E-state index < -0.39 is 0 Å². The highest BCUT2D eigenvalue weighted by Crippen LogP contribution is 2.12. The standard InChI is InChI=1S/C28H54O2/c1-4-5-6-7-8-9-10-11-12-13-14-15-16-19-22-25-28(29)30-26-23-20-17-18-21-24-27(2)3/h9-10,27H,4-8,11-26H2,1-3H3/b10-9+. The average molecular weight is 423 g/mol. The van der Waals surface area contributed by atoms with E-state index in [1.165, 1.54) is 109 Å². The van der Waals surface area contributed by atoms with Gasteiger partial charge in [0.1, 0.15) is 0 Å². The van der Waals surface area contributed by atoms with Crippen LogP contribution < -0.4 is 0 Å². The highest BCUT2D eigenvalue weighted by molar-refractivity contribution is 5.69. The van der Waals surface area contributed by atoms with E-state index in [4.69, 9.17) is 4.74 Å². The van der Waals surface area contributed by atoms with Crippen LogP contribution in [0.15, 0.2) is 12.2 Å². The lowest BCUT2D eigenvalue weighted by Gasteiger charge is -2.06. The molecule has 2 heteroatoms. The lowest BCUT2D eigenvalue weighted by atomic mass is 10.0. The molecule has 0 atom stereocenters. The summed E-state index contributed by atoms with van der Waals surface area (Å²) in [5, 5.41) is 0. The summed E-state index contributed by atoms with van der Waals surface area (Å²) in [4.78, 5) is 11.8. The number of ether oxygens (including phenoxy) is 1. The summed E-state index contributed by atoms with van der Waals surface area (Å²) in [5.41, 5.74) is 0. The topological polar surface area (TPSA) is 26.3 Å². The van der Waals surface area contributed by atoms with Crippen molar-refractivity contribution in [3.63, 3.8) is 0 Å². The Kier molecular flexibility index (Phi) is 23.8. The van der Waals surface area contributed by atoms with Gasteiger partial charge in [-0.15, -0.1) is 0 Å². The third kappa shape index (κ3) is 25.2. The van der Waals surface area contributed by atoms with E-state index in [0.29, 0.717) is 13.0 Å². The van der Waals surface area contributed by atoms with Gasteiger partial charge < -0.3 is 4.74 Å². The van der Waals surface area contributed by atoms with Crippen LogP contribution in [0.3, 0.4) is 0 Å². The molecule has 0 aromatic carbocycles. The maximum Gasteiger partial charge on any atom is 0.305 e. The second-order valence-electron chi connectivity index (χ2n) is 9.51. The van der Waals surface area contributed by atoms with Crippen LogP contribution in [0.4, 0.5) is 0 Å². The van der Waals surface area contributed by atoms with Crippen LogP contribution in [0.1, 0.15) is 149 Å². The third-order valence-corrected chi connectivity index (χ3v) is 5.83. The minimum Gasteiger partial charge on any atom is -0.466 e. The Morgan fingerprint density at radius 2 is 1.17 bits per heavy atom. The predicted octanol–water partition coefficient (Wildman–Crippen LogP) is 9.56. The molecule has 0 N–H and O–H groups in total. The van der Waals surface area contributed by atoms with Crippen molar-refractivity contribution in [2.75, 3.05) is 6.61 Å². The van der Waals surface area contributed by atoms with Gasteiger partial charge in [0.2, 0.25) is 0 Å². The lowest BCUT2D eigenvalue weighted by molar-refractivity contribution is -0.143. The zero-order chi connectivity index (χ0) is 22.1. The van der Waals surface area contributed by atoms with E-state index in [0.717, 1.165) is 18.8 Å². The molecule has 2 nitrogen and oxygen atoms in total. The van der Waals surface area contributed by atoms with Gasteiger partial charge in [-0.3, -0.25) is 4.79 Å². The molecule has 0 fully saturated rings. The van der Waals surface area contributed by atoms with Gasteiger partial charge >= 0.3 is 5.97 Å². The van der Waals surface area contributed by atoms with E-state index in [9.17, 15) is 4.79 Å². The summed E-state index contributed by atoms with van der Waals surface area (Å²) in [6.45, 7) is 7.46. The lowest BCUT2D eigenvalue weighted by Crippen LogP contribution is -2.05. The SMILES string of the molecule is CCCCCC/C=C/CCCCCCCCCC(=O)OCCCCCCCC(C)C. The van der Waals surface area contributed by atoms with Crippen LogP contribution in [0.25, 0.3) is 0 Å². The fraction of sp³-hybridized carbons (Fsp3) is 0.893. The number of unbranched alkanes of at least 4 members (excludes halogenated alkanes) is 15. The maximum atomic E-state index is 11.8. The van der Waals surface area contributed by atoms with Crippen molar-refractivity contribution in [2.45, 2.75) is 149 Å². The zero-order valence-corrected chi connectivity index (χ0v) is 20.9. The number of rotatable bonds is 23. The first-order valence-electron chi connectivity index (χ1n) is 13.5. The normalized spacial score (nSPS) is 11.6. The number of hydrogen-bond donors (Lipinski definition) is 0. The van der Waals surface area contributed by atoms with Crippen molar-refractivity contribution in [1.29, 1.82) is 0 Å². The van der Waals surface area contributed by atoms with Crippen LogP contribution in [-0.4, -0.2) is 12.6 Å². The molecular formula is C28H54O2. The Labute approximate surface area is 189 Å². The van der Waals surface area contributed by atoms with Crippen LogP contribution in [-0.2, 0) is 9.53 Å². The highest BCUT2D eigenvalue weighted by Gasteiger charge is 2.02. The molecule has 0 aromatic heterocycles. The highest BCUT2D eigenvalue weighted by atomic mass is 16.5. The molecule has 0 saturated heterocycles. The first-order chi connectivity index (χ1) is 14.7. The van der Waals surface area contributed by atoms with E-state index >= 15 is 0 Å². The Balaban J connectivity index is 3.20. The molecule has 0 aromatic rings. The molecule has 0 aliphatic heterocycles. The minimum absolute atomic E-state index is 0.0105. The van der Waals surface area contributed by atoms with Crippen molar-refractivity contribution < 1.29 is 9.53 Å². The van der Waals surface area contributed by atoms with Crippen molar-refractivity contribution in [1.82, 2.24) is 0 Å². The predicted molar refractivity (Wildman–Crippen MR) is 133 cm³/mol. The van der Waals surface area contributed by atoms with E-state index in [1.807, 2.05) is 0 Å². The molecule has 0 rings (SSSR count). The summed E-state index contributed by atoms with van der Waals surface area (Å²) in [6.07, 6.45) is 29.6. The van der Waals surface area contributed by atoms with Crippen molar-refractivity contribution in [3.05, 3.63) is 12.2 Å². The summed E-state index contributed by atoms with van der Waals surface area (Å²) in [7, 11) is 0. The van der Waals surface area contributed by atoms with Crippen molar-refractivity contribution in [3.8, 4) is 0 Å². The monoisotopic (exact) mass is 422 g/mol. The van der Waals surface area contributed by atoms with E-state index in [2.05, 4.69) is 32.9 Å². The molecule has 0 bridgehead atoms. The van der Waals surface area contributed by atoms with Crippen LogP contribution >= 0.6 is 0 Å². The molecule has 0 saturated carbocycles. The smallest absolute Gasteiger partial charge is 0.305 e. The quantitative estimate of drug-likeness (QED) is 0.0930. The average Bonchev–Trinajstić information content (AvgIpc) is 2.72. The van der Waals surface area contributed by atoms with Gasteiger partial charge in [0.15, 0.2) is 0 Å². The van der Waals surface area contributed by atoms with Crippen LogP contribution in [0.2, 0.25) is 0 Å².